The van der Waals surface area contributed by atoms with Gasteiger partial charge in [0.2, 0.25) is 0 Å². The number of benzene rings is 1. The first kappa shape index (κ1) is 17.3. The lowest BCUT2D eigenvalue weighted by molar-refractivity contribution is 0.0701. The van der Waals surface area contributed by atoms with Crippen LogP contribution in [0.4, 0.5) is 4.39 Å². The zero-order chi connectivity index (χ0) is 17.3. The maximum absolute atomic E-state index is 14.0. The fourth-order valence-electron chi connectivity index (χ4n) is 2.22. The number of nitrogens with one attached hydrogen (secondary N) is 1. The molecule has 1 heterocycles. The zero-order valence-electron chi connectivity index (χ0n) is 12.3. The molecule has 0 bridgehead atoms. The topological polar surface area (TPSA) is 93.3 Å². The van der Waals surface area contributed by atoms with Gasteiger partial charge >= 0.3 is 5.69 Å². The number of carbonyl (C=O) groups is 1. The van der Waals surface area contributed by atoms with Gasteiger partial charge in [0.1, 0.15) is 11.4 Å². The molecule has 7 nitrogen and oxygen atoms in total. The monoisotopic (exact) mass is 433 g/mol. The Kier molecular flexibility index (Phi) is 5.00. The van der Waals surface area contributed by atoms with Crippen LogP contribution in [0.2, 0.25) is 0 Å². The van der Waals surface area contributed by atoms with Crippen molar-refractivity contribution in [3.63, 3.8) is 0 Å². The molecule has 0 spiro atoms. The van der Waals surface area contributed by atoms with E-state index in [2.05, 4.69) is 0 Å². The lowest BCUT2D eigenvalue weighted by atomic mass is 10.0. The van der Waals surface area contributed by atoms with Gasteiger partial charge in [0.05, 0.1) is 0 Å². The van der Waals surface area contributed by atoms with Crippen molar-refractivity contribution in [2.24, 2.45) is 14.1 Å². The van der Waals surface area contributed by atoms with E-state index in [1.807, 2.05) is 22.6 Å². The van der Waals surface area contributed by atoms with Crippen LogP contribution in [-0.4, -0.2) is 20.2 Å². The van der Waals surface area contributed by atoms with Gasteiger partial charge < -0.3 is 0 Å². The van der Waals surface area contributed by atoms with Crippen LogP contribution in [0.5, 0.6) is 0 Å². The van der Waals surface area contributed by atoms with E-state index < -0.39 is 28.5 Å². The first-order valence-electron chi connectivity index (χ1n) is 6.45. The Morgan fingerprint density at radius 2 is 1.96 bits per heavy atom. The summed E-state index contributed by atoms with van der Waals surface area (Å²) in [6.07, 6.45) is -0.146. The SMILES string of the molecule is Cn1c(Cc2ccc(I)cc2F)c(C(=O)NO)c(=O)n(C)c1=O. The molecule has 2 aromatic rings. The standard InChI is InChI=1S/C14H13FIN3O4/c1-18-10(5-7-3-4-8(16)6-9(7)15)11(12(20)17-23)13(21)19(2)14(18)22/h3-4,6,23H,5H2,1-2H3,(H,17,20). The first-order chi connectivity index (χ1) is 10.8. The number of aromatic nitrogens is 2. The molecule has 0 radical (unpaired) electrons. The van der Waals surface area contributed by atoms with Crippen LogP contribution in [-0.2, 0) is 20.5 Å². The highest BCUT2D eigenvalue weighted by atomic mass is 127. The average Bonchev–Trinajstić information content (AvgIpc) is 2.52. The lowest BCUT2D eigenvalue weighted by Gasteiger charge is -2.14. The third kappa shape index (κ3) is 3.20. The number of rotatable bonds is 3. The second kappa shape index (κ2) is 6.62. The fraction of sp³-hybridized carbons (Fsp3) is 0.214. The van der Waals surface area contributed by atoms with Crippen molar-refractivity contribution in [1.82, 2.24) is 14.6 Å². The minimum atomic E-state index is -1.05. The fourth-order valence-corrected chi connectivity index (χ4v) is 2.68. The van der Waals surface area contributed by atoms with E-state index >= 15 is 0 Å². The molecule has 2 N–H and O–H groups in total. The van der Waals surface area contributed by atoms with Crippen molar-refractivity contribution < 1.29 is 14.4 Å². The molecular formula is C14H13FIN3O4. The first-order valence-corrected chi connectivity index (χ1v) is 7.53. The van der Waals surface area contributed by atoms with Crippen molar-refractivity contribution in [3.8, 4) is 0 Å². The van der Waals surface area contributed by atoms with Gasteiger partial charge in [-0.3, -0.25) is 23.9 Å². The van der Waals surface area contributed by atoms with Crippen LogP contribution in [0.15, 0.2) is 27.8 Å². The van der Waals surface area contributed by atoms with Crippen molar-refractivity contribution in [1.29, 1.82) is 0 Å². The maximum atomic E-state index is 14.0. The Balaban J connectivity index is 2.72. The number of hydroxylamine groups is 1. The molecule has 1 aromatic carbocycles. The van der Waals surface area contributed by atoms with Crippen LogP contribution >= 0.6 is 22.6 Å². The van der Waals surface area contributed by atoms with Gasteiger partial charge in [0, 0.05) is 29.8 Å². The molecule has 122 valence electrons. The number of carbonyl (C=O) groups excluding carboxylic acids is 1. The molecule has 0 aliphatic carbocycles. The number of hydrogen-bond acceptors (Lipinski definition) is 4. The molecule has 2 rings (SSSR count). The molecule has 23 heavy (non-hydrogen) atoms. The molecule has 0 atom stereocenters. The number of halogens is 2. The maximum Gasteiger partial charge on any atom is 0.330 e. The Labute approximate surface area is 143 Å². The molecule has 0 unspecified atom stereocenters. The third-order valence-corrected chi connectivity index (χ3v) is 4.16. The van der Waals surface area contributed by atoms with Gasteiger partial charge in [0.15, 0.2) is 0 Å². The van der Waals surface area contributed by atoms with E-state index in [4.69, 9.17) is 5.21 Å². The predicted octanol–water partition coefficient (Wildman–Crippen LogP) is 0.537. The van der Waals surface area contributed by atoms with Crippen molar-refractivity contribution in [2.45, 2.75) is 6.42 Å². The molecule has 1 aromatic heterocycles. The molecule has 0 saturated carbocycles. The highest BCUT2D eigenvalue weighted by molar-refractivity contribution is 14.1. The van der Waals surface area contributed by atoms with Gasteiger partial charge in [-0.25, -0.2) is 14.7 Å². The van der Waals surface area contributed by atoms with Crippen molar-refractivity contribution >= 4 is 28.5 Å². The normalized spacial score (nSPS) is 10.7. The summed E-state index contributed by atoms with van der Waals surface area (Å²) in [6.45, 7) is 0. The van der Waals surface area contributed by atoms with Crippen LogP contribution in [0, 0.1) is 9.39 Å². The highest BCUT2D eigenvalue weighted by Crippen LogP contribution is 2.16. The Bertz CT molecular complexity index is 904. The summed E-state index contributed by atoms with van der Waals surface area (Å²) in [5.41, 5.74) is -0.291. The summed E-state index contributed by atoms with van der Waals surface area (Å²) in [5, 5.41) is 8.84. The van der Waals surface area contributed by atoms with E-state index in [0.717, 1.165) is 9.13 Å². The largest absolute Gasteiger partial charge is 0.330 e. The summed E-state index contributed by atoms with van der Waals surface area (Å²) in [5.74, 6) is -1.57. The summed E-state index contributed by atoms with van der Waals surface area (Å²) >= 11 is 1.95. The predicted molar refractivity (Wildman–Crippen MR) is 88.1 cm³/mol. The average molecular weight is 433 g/mol. The number of hydrogen-bond donors (Lipinski definition) is 2. The summed E-state index contributed by atoms with van der Waals surface area (Å²) in [4.78, 5) is 36.0. The Morgan fingerprint density at radius 3 is 2.52 bits per heavy atom. The number of nitrogens with zero attached hydrogens (tertiary/aromatic N) is 2. The van der Waals surface area contributed by atoms with Gasteiger partial charge in [-0.15, -0.1) is 0 Å². The molecular weight excluding hydrogens is 420 g/mol. The summed E-state index contributed by atoms with van der Waals surface area (Å²) in [7, 11) is 2.59. The van der Waals surface area contributed by atoms with E-state index in [1.165, 1.54) is 31.7 Å². The van der Waals surface area contributed by atoms with E-state index in [1.54, 1.807) is 6.07 Å². The van der Waals surface area contributed by atoms with E-state index in [0.29, 0.717) is 3.57 Å². The summed E-state index contributed by atoms with van der Waals surface area (Å²) in [6, 6.07) is 4.49. The van der Waals surface area contributed by atoms with E-state index in [9.17, 15) is 18.8 Å². The van der Waals surface area contributed by atoms with Gasteiger partial charge in [0.25, 0.3) is 11.5 Å². The second-order valence-electron chi connectivity index (χ2n) is 4.88. The molecule has 0 saturated heterocycles. The quantitative estimate of drug-likeness (QED) is 0.420. The molecule has 0 aliphatic heterocycles. The van der Waals surface area contributed by atoms with Crippen molar-refractivity contribution in [3.05, 3.63) is 65.2 Å². The van der Waals surface area contributed by atoms with Crippen LogP contribution in [0.25, 0.3) is 0 Å². The summed E-state index contributed by atoms with van der Waals surface area (Å²) < 4.78 is 16.6. The Hall–Kier alpha value is -2.01. The minimum Gasteiger partial charge on any atom is -0.299 e. The van der Waals surface area contributed by atoms with Crippen LogP contribution in [0.3, 0.4) is 0 Å². The smallest absolute Gasteiger partial charge is 0.299 e. The number of amides is 1. The third-order valence-electron chi connectivity index (χ3n) is 3.49. The van der Waals surface area contributed by atoms with Gasteiger partial charge in [-0.1, -0.05) is 6.07 Å². The molecule has 0 aliphatic rings. The lowest BCUT2D eigenvalue weighted by Crippen LogP contribution is -2.44. The molecule has 9 heteroatoms. The highest BCUT2D eigenvalue weighted by Gasteiger charge is 2.22. The minimum absolute atomic E-state index is 0.0183. The Morgan fingerprint density at radius 1 is 1.30 bits per heavy atom. The van der Waals surface area contributed by atoms with Crippen molar-refractivity contribution in [2.75, 3.05) is 0 Å². The second-order valence-corrected chi connectivity index (χ2v) is 6.13. The van der Waals surface area contributed by atoms with Gasteiger partial charge in [-0.05, 0) is 40.3 Å². The van der Waals surface area contributed by atoms with E-state index in [-0.39, 0.29) is 17.7 Å². The molecule has 1 amide bonds. The molecule has 0 fully saturated rings. The van der Waals surface area contributed by atoms with Crippen LogP contribution < -0.4 is 16.7 Å². The zero-order valence-corrected chi connectivity index (χ0v) is 14.4. The van der Waals surface area contributed by atoms with Gasteiger partial charge in [-0.2, -0.15) is 0 Å². The van der Waals surface area contributed by atoms with Crippen LogP contribution in [0.1, 0.15) is 21.6 Å².